The molecule has 3 N–H and O–H groups in total. The second-order valence-electron chi connectivity index (χ2n) is 3.84. The van der Waals surface area contributed by atoms with E-state index in [2.05, 4.69) is 0 Å². The van der Waals surface area contributed by atoms with Crippen molar-refractivity contribution < 1.29 is 25.3 Å². The molecule has 1 rings (SSSR count). The Hall–Kier alpha value is -0.870. The average molecular weight is 378 g/mol. The van der Waals surface area contributed by atoms with Crippen LogP contribution in [0, 0.1) is 0 Å². The van der Waals surface area contributed by atoms with Crippen molar-refractivity contribution in [2.75, 3.05) is 25.1 Å². The van der Waals surface area contributed by atoms with Gasteiger partial charge in [0.1, 0.15) is 0 Å². The van der Waals surface area contributed by atoms with E-state index >= 15 is 0 Å². The summed E-state index contributed by atoms with van der Waals surface area (Å²) < 4.78 is 49.9. The summed E-state index contributed by atoms with van der Waals surface area (Å²) in [7, 11) is -4.99. The molecule has 120 valence electrons. The van der Waals surface area contributed by atoms with Gasteiger partial charge in [-0.2, -0.15) is 8.42 Å². The number of nitrogens with zero attached hydrogens (tertiary/aromatic N) is 1. The molecule has 0 aliphatic rings. The molecule has 0 unspecified atom stereocenters. The molecule has 0 aromatic heterocycles. The normalized spacial score (nSPS) is 10.5. The lowest BCUT2D eigenvalue weighted by molar-refractivity contribution is -0.471. The summed E-state index contributed by atoms with van der Waals surface area (Å²) >= 11 is 11.2. The summed E-state index contributed by atoms with van der Waals surface area (Å²) in [4.78, 5) is 0. The van der Waals surface area contributed by atoms with Gasteiger partial charge in [-0.15, -0.1) is 12.4 Å². The first-order valence-corrected chi connectivity index (χ1v) is 8.89. The van der Waals surface area contributed by atoms with Crippen LogP contribution in [0.5, 0.6) is 0 Å². The Labute approximate surface area is 134 Å². The number of nitrogen functional groups attached to an aromatic ring is 1. The maximum absolute atomic E-state index is 10.2. The highest BCUT2D eigenvalue weighted by Gasteiger charge is 2.07. The molecule has 11 heteroatoms. The molecule has 0 fully saturated rings. The van der Waals surface area contributed by atoms with Gasteiger partial charge in [-0.3, -0.25) is 4.55 Å². The van der Waals surface area contributed by atoms with Crippen molar-refractivity contribution >= 4 is 49.5 Å². The zero-order chi connectivity index (χ0) is 16.6. The number of nitrogens with two attached hydrogens (primary N) is 1. The highest BCUT2D eigenvalue weighted by Crippen LogP contribution is 2.25. The highest BCUT2D eigenvalue weighted by atomic mass is 35.5. The average Bonchev–Trinajstić information content (AvgIpc) is 2.35. The first-order valence-electron chi connectivity index (χ1n) is 5.49. The zero-order valence-electron chi connectivity index (χ0n) is 11.0. The zero-order valence-corrected chi connectivity index (χ0v) is 14.2. The van der Waals surface area contributed by atoms with Gasteiger partial charge in [0, 0.05) is 6.42 Å². The van der Waals surface area contributed by atoms with E-state index in [1.807, 2.05) is 0 Å². The third-order valence-electron chi connectivity index (χ3n) is 2.13. The number of benzene rings is 1. The fourth-order valence-electron chi connectivity index (χ4n) is 1.05. The Morgan fingerprint density at radius 2 is 1.76 bits per heavy atom. The molecule has 0 atom stereocenters. The number of rotatable bonds is 4. The molecule has 0 spiro atoms. The molecule has 7 nitrogen and oxygen atoms in total. The van der Waals surface area contributed by atoms with Crippen LogP contribution in [-0.2, 0) is 20.6 Å². The summed E-state index contributed by atoms with van der Waals surface area (Å²) in [6, 6.07) is 5.15. The Bertz CT molecular complexity index is 689. The molecule has 0 aliphatic carbocycles. The lowest BCUT2D eigenvalue weighted by atomic mass is 10.3. The van der Waals surface area contributed by atoms with Crippen LogP contribution < -0.4 is 5.73 Å². The molecule has 0 aliphatic heterocycles. The summed E-state index contributed by atoms with van der Waals surface area (Å²) in [5.41, 5.74) is 5.86. The number of hydrogen-bond donors (Lipinski definition) is 2. The van der Waals surface area contributed by atoms with Crippen LogP contribution in [0.4, 0.5) is 5.69 Å². The summed E-state index contributed by atoms with van der Waals surface area (Å²) in [6.07, 6.45) is 0.0866. The van der Waals surface area contributed by atoms with Crippen molar-refractivity contribution in [1.82, 2.24) is 0 Å². The number of hydrogen-bond acceptors (Lipinski definition) is 5. The van der Waals surface area contributed by atoms with Crippen molar-refractivity contribution in [1.29, 1.82) is 0 Å². The van der Waals surface area contributed by atoms with E-state index in [0.29, 0.717) is 15.7 Å². The molecule has 0 saturated carbocycles. The molecule has 0 radical (unpaired) electrons. The fraction of sp³-hybridized carbons (Fsp3) is 0.400. The maximum atomic E-state index is 10.2. The minimum atomic E-state index is -3.97. The first-order chi connectivity index (χ1) is 9.54. The Balaban J connectivity index is 0.000000394. The summed E-state index contributed by atoms with van der Waals surface area (Å²) in [5, 5.41) is 1.00. The van der Waals surface area contributed by atoms with E-state index in [9.17, 15) is 16.8 Å². The third kappa shape index (κ3) is 9.64. The molecule has 1 aromatic carbocycles. The third-order valence-corrected chi connectivity index (χ3v) is 4.28. The van der Waals surface area contributed by atoms with Crippen LogP contribution in [0.3, 0.4) is 0 Å². The molecule has 21 heavy (non-hydrogen) atoms. The SMILES string of the molecule is C[N+](CCCS(=O)(=O)O)=S(=O)=O.Nc1c(Cl)cccc1Cl. The summed E-state index contributed by atoms with van der Waals surface area (Å²) in [5.74, 6) is -0.422. The molecule has 0 amide bonds. The van der Waals surface area contributed by atoms with Gasteiger partial charge in [-0.05, 0) is 12.1 Å². The Kier molecular flexibility index (Phi) is 8.83. The smallest absolute Gasteiger partial charge is 0.396 e. The highest BCUT2D eigenvalue weighted by molar-refractivity contribution is 7.85. The predicted molar refractivity (Wildman–Crippen MR) is 81.9 cm³/mol. The van der Waals surface area contributed by atoms with Crippen molar-refractivity contribution in [3.05, 3.63) is 28.2 Å². The van der Waals surface area contributed by atoms with E-state index in [-0.39, 0.29) is 13.0 Å². The van der Waals surface area contributed by atoms with Crippen LogP contribution in [0.2, 0.25) is 10.0 Å². The van der Waals surface area contributed by atoms with E-state index in [0.717, 1.165) is 3.95 Å². The quantitative estimate of drug-likeness (QED) is 0.466. The van der Waals surface area contributed by atoms with Crippen molar-refractivity contribution in [3.63, 3.8) is 0 Å². The van der Waals surface area contributed by atoms with Crippen molar-refractivity contribution in [2.24, 2.45) is 0 Å². The van der Waals surface area contributed by atoms with Gasteiger partial charge in [-0.1, -0.05) is 29.3 Å². The van der Waals surface area contributed by atoms with Crippen LogP contribution in [0.15, 0.2) is 18.2 Å². The molecular weight excluding hydrogens is 363 g/mol. The van der Waals surface area contributed by atoms with Crippen molar-refractivity contribution in [3.8, 4) is 0 Å². The van der Waals surface area contributed by atoms with Crippen LogP contribution in [-0.4, -0.2) is 44.7 Å². The molecule has 1 aromatic rings. The van der Waals surface area contributed by atoms with Gasteiger partial charge in [0.15, 0.2) is 13.6 Å². The van der Waals surface area contributed by atoms with Crippen LogP contribution >= 0.6 is 23.2 Å². The molecule has 0 saturated heterocycles. The first kappa shape index (κ1) is 20.1. The minimum absolute atomic E-state index is 0.0793. The number of para-hydroxylation sites is 1. The lowest BCUT2D eigenvalue weighted by Gasteiger charge is -1.96. The largest absolute Gasteiger partial charge is 0.458 e. The maximum Gasteiger partial charge on any atom is 0.458 e. The Morgan fingerprint density at radius 1 is 1.29 bits per heavy atom. The predicted octanol–water partition coefficient (Wildman–Crippen LogP) is 1.54. The van der Waals surface area contributed by atoms with Crippen LogP contribution in [0.1, 0.15) is 6.42 Å². The van der Waals surface area contributed by atoms with Crippen LogP contribution in [0.25, 0.3) is 0 Å². The molecule has 0 heterocycles. The van der Waals surface area contributed by atoms with Gasteiger partial charge in [-0.25, -0.2) is 0 Å². The van der Waals surface area contributed by atoms with Gasteiger partial charge in [0.25, 0.3) is 10.1 Å². The van der Waals surface area contributed by atoms with Gasteiger partial charge in [0.2, 0.25) is 0 Å². The van der Waals surface area contributed by atoms with E-state index in [4.69, 9.17) is 33.5 Å². The van der Waals surface area contributed by atoms with Crippen molar-refractivity contribution in [2.45, 2.75) is 6.42 Å². The number of anilines is 1. The molecule has 0 bridgehead atoms. The van der Waals surface area contributed by atoms with E-state index < -0.39 is 26.4 Å². The van der Waals surface area contributed by atoms with E-state index in [1.165, 1.54) is 7.05 Å². The standard InChI is InChI=1S/C6H5Cl2N.C4H9NO5S2/c7-4-2-1-3-5(8)6(4)9;1-5(11(6)7)3-2-4-12(8,9)10/h1-3H,9H2;2-4H2,1H3/p+1. The Morgan fingerprint density at radius 3 is 2.10 bits per heavy atom. The summed E-state index contributed by atoms with van der Waals surface area (Å²) in [6.45, 7) is 0.0793. The second-order valence-corrected chi connectivity index (χ2v) is 7.29. The number of halogens is 2. The van der Waals surface area contributed by atoms with E-state index in [1.54, 1.807) is 18.2 Å². The monoisotopic (exact) mass is 377 g/mol. The topological polar surface area (TPSA) is 118 Å². The van der Waals surface area contributed by atoms with Gasteiger partial charge < -0.3 is 5.73 Å². The second kappa shape index (κ2) is 9.21. The lowest BCUT2D eigenvalue weighted by Crippen LogP contribution is -2.12. The minimum Gasteiger partial charge on any atom is -0.396 e. The fourth-order valence-corrected chi connectivity index (χ4v) is 2.22. The van der Waals surface area contributed by atoms with Gasteiger partial charge in [0.05, 0.1) is 21.5 Å². The van der Waals surface area contributed by atoms with Gasteiger partial charge >= 0.3 is 10.5 Å². The molecular formula is C10H15Cl2N2O5S2+.